The Morgan fingerprint density at radius 2 is 2.62 bits per heavy atom. The minimum atomic E-state index is -0.707. The van der Waals surface area contributed by atoms with Crippen molar-refractivity contribution in [3.63, 3.8) is 0 Å². The van der Waals surface area contributed by atoms with Crippen LogP contribution in [0.2, 0.25) is 5.02 Å². The van der Waals surface area contributed by atoms with Gasteiger partial charge in [0.25, 0.3) is 0 Å². The summed E-state index contributed by atoms with van der Waals surface area (Å²) in [6.45, 7) is 0.263. The molecule has 6 heteroatoms. The Bertz CT molecular complexity index is 300. The van der Waals surface area contributed by atoms with E-state index in [1.54, 1.807) is 6.20 Å². The van der Waals surface area contributed by atoms with Crippen LogP contribution in [-0.4, -0.2) is 28.9 Å². The monoisotopic (exact) mass is 203 g/mol. The van der Waals surface area contributed by atoms with Crippen LogP contribution in [0.1, 0.15) is 0 Å². The van der Waals surface area contributed by atoms with Crippen LogP contribution in [0.5, 0.6) is 0 Å². The van der Waals surface area contributed by atoms with Gasteiger partial charge in [0.2, 0.25) is 0 Å². The quantitative estimate of drug-likeness (QED) is 0.704. The molecule has 0 fully saturated rings. The van der Waals surface area contributed by atoms with Gasteiger partial charge in [0.1, 0.15) is 6.04 Å². The Kier molecular flexibility index (Phi) is 3.27. The number of esters is 1. The molecule has 0 saturated heterocycles. The third-order valence-corrected chi connectivity index (χ3v) is 1.68. The van der Waals surface area contributed by atoms with E-state index in [9.17, 15) is 4.79 Å². The molecule has 0 spiro atoms. The highest BCUT2D eigenvalue weighted by molar-refractivity contribution is 6.30. The van der Waals surface area contributed by atoms with Crippen molar-refractivity contribution < 1.29 is 9.53 Å². The highest BCUT2D eigenvalue weighted by atomic mass is 35.5. The molecular weight excluding hydrogens is 194 g/mol. The van der Waals surface area contributed by atoms with Crippen LogP contribution in [0.3, 0.4) is 0 Å². The number of methoxy groups -OCH3 is 1. The molecule has 5 nitrogen and oxygen atoms in total. The maximum Gasteiger partial charge on any atom is 0.324 e. The molecule has 0 amide bonds. The predicted molar refractivity (Wildman–Crippen MR) is 47.2 cm³/mol. The van der Waals surface area contributed by atoms with Crippen molar-refractivity contribution in [3.8, 4) is 0 Å². The molecule has 72 valence electrons. The molecule has 0 aromatic carbocycles. The first-order valence-corrected chi connectivity index (χ1v) is 4.02. The van der Waals surface area contributed by atoms with Gasteiger partial charge >= 0.3 is 5.97 Å². The van der Waals surface area contributed by atoms with Crippen molar-refractivity contribution in [1.82, 2.24) is 9.78 Å². The van der Waals surface area contributed by atoms with Crippen LogP contribution in [0.25, 0.3) is 0 Å². The van der Waals surface area contributed by atoms with E-state index in [0.717, 1.165) is 0 Å². The molecular formula is C7H10ClN3O2. The summed E-state index contributed by atoms with van der Waals surface area (Å²) in [5.74, 6) is -0.466. The first kappa shape index (κ1) is 10.0. The van der Waals surface area contributed by atoms with E-state index < -0.39 is 12.0 Å². The molecule has 0 bridgehead atoms. The molecule has 1 unspecified atom stereocenters. The van der Waals surface area contributed by atoms with E-state index in [0.29, 0.717) is 5.02 Å². The van der Waals surface area contributed by atoms with Crippen LogP contribution in [0.15, 0.2) is 12.4 Å². The van der Waals surface area contributed by atoms with Gasteiger partial charge in [-0.05, 0) is 0 Å². The van der Waals surface area contributed by atoms with Gasteiger partial charge in [-0.25, -0.2) is 0 Å². The summed E-state index contributed by atoms with van der Waals surface area (Å²) in [6, 6.07) is -0.707. The van der Waals surface area contributed by atoms with Crippen molar-refractivity contribution in [2.75, 3.05) is 7.11 Å². The van der Waals surface area contributed by atoms with Crippen LogP contribution in [-0.2, 0) is 16.1 Å². The van der Waals surface area contributed by atoms with Crippen molar-refractivity contribution in [3.05, 3.63) is 17.4 Å². The Morgan fingerprint density at radius 1 is 1.92 bits per heavy atom. The number of rotatable bonds is 3. The number of hydrogen-bond donors (Lipinski definition) is 1. The molecule has 1 heterocycles. The summed E-state index contributed by atoms with van der Waals surface area (Å²) in [5.41, 5.74) is 5.49. The minimum absolute atomic E-state index is 0.263. The van der Waals surface area contributed by atoms with E-state index in [1.165, 1.54) is 18.0 Å². The van der Waals surface area contributed by atoms with Crippen molar-refractivity contribution in [1.29, 1.82) is 0 Å². The highest BCUT2D eigenvalue weighted by Crippen LogP contribution is 2.04. The summed E-state index contributed by atoms with van der Waals surface area (Å²) in [6.07, 6.45) is 3.07. The summed E-state index contributed by atoms with van der Waals surface area (Å²) < 4.78 is 5.94. The van der Waals surface area contributed by atoms with Crippen molar-refractivity contribution in [2.45, 2.75) is 12.6 Å². The lowest BCUT2D eigenvalue weighted by Crippen LogP contribution is -2.35. The summed E-state index contributed by atoms with van der Waals surface area (Å²) in [4.78, 5) is 10.9. The lowest BCUT2D eigenvalue weighted by atomic mass is 10.3. The zero-order chi connectivity index (χ0) is 9.84. The van der Waals surface area contributed by atoms with Crippen LogP contribution in [0, 0.1) is 0 Å². The Morgan fingerprint density at radius 3 is 3.08 bits per heavy atom. The van der Waals surface area contributed by atoms with Crippen molar-refractivity contribution in [2.24, 2.45) is 5.73 Å². The lowest BCUT2D eigenvalue weighted by molar-refractivity contribution is -0.142. The van der Waals surface area contributed by atoms with Crippen LogP contribution >= 0.6 is 11.6 Å². The zero-order valence-electron chi connectivity index (χ0n) is 7.11. The number of nitrogens with two attached hydrogens (primary N) is 1. The first-order chi connectivity index (χ1) is 6.13. The zero-order valence-corrected chi connectivity index (χ0v) is 7.86. The number of ether oxygens (including phenoxy) is 1. The highest BCUT2D eigenvalue weighted by Gasteiger charge is 2.14. The van der Waals surface area contributed by atoms with Gasteiger partial charge in [0.15, 0.2) is 0 Å². The number of hydrogen-bond acceptors (Lipinski definition) is 4. The Labute approximate surface area is 80.4 Å². The lowest BCUT2D eigenvalue weighted by Gasteiger charge is -2.08. The second-order valence-corrected chi connectivity index (χ2v) is 2.95. The van der Waals surface area contributed by atoms with Gasteiger partial charge < -0.3 is 10.5 Å². The maximum atomic E-state index is 10.9. The van der Waals surface area contributed by atoms with Gasteiger partial charge in [-0.3, -0.25) is 9.48 Å². The fraction of sp³-hybridized carbons (Fsp3) is 0.429. The first-order valence-electron chi connectivity index (χ1n) is 3.65. The van der Waals surface area contributed by atoms with Gasteiger partial charge in [0.05, 0.1) is 24.9 Å². The fourth-order valence-electron chi connectivity index (χ4n) is 0.866. The van der Waals surface area contributed by atoms with Gasteiger partial charge in [0, 0.05) is 6.20 Å². The SMILES string of the molecule is COC(=O)C(N)Cn1cc(Cl)cn1. The van der Waals surface area contributed by atoms with Gasteiger partial charge in [-0.15, -0.1) is 0 Å². The summed E-state index contributed by atoms with van der Waals surface area (Å²) >= 11 is 5.62. The third kappa shape index (κ3) is 2.71. The van der Waals surface area contributed by atoms with Crippen LogP contribution in [0.4, 0.5) is 0 Å². The topological polar surface area (TPSA) is 70.1 Å². The number of halogens is 1. The number of carbonyl (C=O) groups is 1. The molecule has 0 aliphatic heterocycles. The largest absolute Gasteiger partial charge is 0.468 e. The summed E-state index contributed by atoms with van der Waals surface area (Å²) in [5, 5.41) is 4.38. The molecule has 0 aliphatic rings. The van der Waals surface area contributed by atoms with Crippen molar-refractivity contribution >= 4 is 17.6 Å². The molecule has 0 aliphatic carbocycles. The smallest absolute Gasteiger partial charge is 0.324 e. The second kappa shape index (κ2) is 4.25. The van der Waals surface area contributed by atoms with E-state index in [1.807, 2.05) is 0 Å². The molecule has 1 aromatic rings. The standard InChI is InChI=1S/C7H10ClN3O2/c1-13-7(12)6(9)4-11-3-5(8)2-10-11/h2-3,6H,4,9H2,1H3. The van der Waals surface area contributed by atoms with E-state index >= 15 is 0 Å². The van der Waals surface area contributed by atoms with Crippen LogP contribution < -0.4 is 5.73 Å². The third-order valence-electron chi connectivity index (χ3n) is 1.49. The Balaban J connectivity index is 2.54. The van der Waals surface area contributed by atoms with E-state index in [-0.39, 0.29) is 6.54 Å². The minimum Gasteiger partial charge on any atom is -0.468 e. The molecule has 2 N–H and O–H groups in total. The van der Waals surface area contributed by atoms with E-state index in [4.69, 9.17) is 17.3 Å². The molecule has 1 aromatic heterocycles. The maximum absolute atomic E-state index is 10.9. The molecule has 1 atom stereocenters. The number of aromatic nitrogens is 2. The Hall–Kier alpha value is -1.07. The van der Waals surface area contributed by atoms with E-state index in [2.05, 4.69) is 9.84 Å². The van der Waals surface area contributed by atoms with Gasteiger partial charge in [-0.1, -0.05) is 11.6 Å². The molecule has 0 saturated carbocycles. The second-order valence-electron chi connectivity index (χ2n) is 2.51. The summed E-state index contributed by atoms with van der Waals surface area (Å²) in [7, 11) is 1.29. The number of carbonyl (C=O) groups excluding carboxylic acids is 1. The van der Waals surface area contributed by atoms with Gasteiger partial charge in [-0.2, -0.15) is 5.10 Å². The average Bonchev–Trinajstić information content (AvgIpc) is 2.49. The normalized spacial score (nSPS) is 12.5. The fourth-order valence-corrected chi connectivity index (χ4v) is 1.02. The molecule has 1 rings (SSSR count). The molecule has 13 heavy (non-hydrogen) atoms. The number of nitrogens with zero attached hydrogens (tertiary/aromatic N) is 2. The predicted octanol–water partition coefficient (Wildman–Crippen LogP) is 0.0368. The average molecular weight is 204 g/mol. The molecule has 0 radical (unpaired) electrons.